The molecule has 0 N–H and O–H groups in total. The van der Waals surface area contributed by atoms with Crippen LogP contribution in [0.3, 0.4) is 0 Å². The van der Waals surface area contributed by atoms with Gasteiger partial charge in [-0.15, -0.1) is 5.10 Å². The number of hydrogen-bond acceptors (Lipinski definition) is 5. The van der Waals surface area contributed by atoms with E-state index in [1.165, 1.54) is 16.9 Å². The summed E-state index contributed by atoms with van der Waals surface area (Å²) in [7, 11) is -1.14. The lowest BCUT2D eigenvalue weighted by Gasteiger charge is -1.98. The van der Waals surface area contributed by atoms with E-state index in [9.17, 15) is 4.21 Å². The van der Waals surface area contributed by atoms with Gasteiger partial charge in [-0.1, -0.05) is 47.2 Å². The van der Waals surface area contributed by atoms with Crippen molar-refractivity contribution in [3.05, 3.63) is 66.1 Å². The monoisotopic (exact) mass is 368 g/mol. The third kappa shape index (κ3) is 3.52. The maximum Gasteiger partial charge on any atom is 0.213 e. The highest BCUT2D eigenvalue weighted by atomic mass is 32.2. The van der Waals surface area contributed by atoms with E-state index in [1.807, 2.05) is 36.5 Å². The topological polar surface area (TPSA) is 60.2 Å². The van der Waals surface area contributed by atoms with Crippen LogP contribution in [0.25, 0.3) is 16.2 Å². The summed E-state index contributed by atoms with van der Waals surface area (Å²) in [6, 6.07) is 14.0. The van der Waals surface area contributed by atoms with Crippen LogP contribution in [0.5, 0.6) is 0 Å². The van der Waals surface area contributed by atoms with Crippen LogP contribution < -0.4 is 0 Å². The number of aryl methyl sites for hydroxylation is 2. The molecule has 0 saturated heterocycles. The average molecular weight is 368 g/mol. The number of rotatable bonds is 5. The fourth-order valence-corrected chi connectivity index (χ4v) is 4.68. The molecule has 0 aliphatic heterocycles. The molecular weight excluding hydrogens is 352 g/mol. The fraction of sp³-hybridized carbons (Fsp3) is 0.167. The molecule has 0 amide bonds. The fourth-order valence-electron chi connectivity index (χ4n) is 2.47. The lowest BCUT2D eigenvalue weighted by molar-refractivity contribution is 0.679. The Morgan fingerprint density at radius 2 is 2.00 bits per heavy atom. The van der Waals surface area contributed by atoms with Gasteiger partial charge in [0.25, 0.3) is 0 Å². The Balaban J connectivity index is 1.51. The molecule has 4 aromatic rings. The van der Waals surface area contributed by atoms with Crippen molar-refractivity contribution in [2.45, 2.75) is 17.7 Å². The molecule has 0 saturated carbocycles. The van der Waals surface area contributed by atoms with E-state index in [2.05, 4.69) is 34.1 Å². The molecule has 5 nitrogen and oxygen atoms in total. The first-order chi connectivity index (χ1) is 12.2. The van der Waals surface area contributed by atoms with Gasteiger partial charge >= 0.3 is 0 Å². The molecule has 3 aromatic heterocycles. The van der Waals surface area contributed by atoms with Gasteiger partial charge < -0.3 is 0 Å². The Bertz CT molecular complexity index is 991. The van der Waals surface area contributed by atoms with Crippen LogP contribution in [-0.4, -0.2) is 29.5 Å². The van der Waals surface area contributed by atoms with Gasteiger partial charge in [0, 0.05) is 29.6 Å². The molecule has 0 radical (unpaired) electrons. The van der Waals surface area contributed by atoms with E-state index in [0.29, 0.717) is 16.5 Å². The van der Waals surface area contributed by atoms with Crippen molar-refractivity contribution in [3.63, 3.8) is 0 Å². The average Bonchev–Trinajstić information content (AvgIpc) is 3.20. The highest BCUT2D eigenvalue weighted by Crippen LogP contribution is 2.24. The van der Waals surface area contributed by atoms with Crippen LogP contribution in [0.1, 0.15) is 11.3 Å². The van der Waals surface area contributed by atoms with Crippen molar-refractivity contribution < 1.29 is 4.21 Å². The van der Waals surface area contributed by atoms with Crippen LogP contribution in [-0.2, 0) is 17.2 Å². The highest BCUT2D eigenvalue weighted by Gasteiger charge is 2.14. The Morgan fingerprint density at radius 3 is 2.72 bits per heavy atom. The minimum Gasteiger partial charge on any atom is -0.261 e. The maximum absolute atomic E-state index is 12.5. The molecule has 3 heterocycles. The van der Waals surface area contributed by atoms with Crippen molar-refractivity contribution in [1.82, 2.24) is 19.6 Å². The standard InChI is InChI=1S/C18H16N4OS2/c1-13-5-7-14(8-6-13)16-12-22-17(20-16)24-18(21-22)25(23)11-9-15-4-2-3-10-19-15/h2-8,10,12H,9,11H2,1H3. The van der Waals surface area contributed by atoms with Crippen LogP contribution in [0.4, 0.5) is 0 Å². The maximum atomic E-state index is 12.5. The second-order valence-electron chi connectivity index (χ2n) is 5.71. The summed E-state index contributed by atoms with van der Waals surface area (Å²) < 4.78 is 14.8. The van der Waals surface area contributed by atoms with Gasteiger partial charge in [-0.2, -0.15) is 0 Å². The van der Waals surface area contributed by atoms with Gasteiger partial charge in [-0.05, 0) is 19.1 Å². The Hall–Kier alpha value is -2.38. The number of fused-ring (bicyclic) bond motifs is 1. The second-order valence-corrected chi connectivity index (χ2v) is 8.41. The molecule has 25 heavy (non-hydrogen) atoms. The smallest absolute Gasteiger partial charge is 0.213 e. The Labute approximate surface area is 151 Å². The largest absolute Gasteiger partial charge is 0.261 e. The molecule has 0 bridgehead atoms. The number of hydrogen-bond donors (Lipinski definition) is 0. The van der Waals surface area contributed by atoms with Crippen LogP contribution in [0.2, 0.25) is 0 Å². The zero-order valence-corrected chi connectivity index (χ0v) is 15.3. The lowest BCUT2D eigenvalue weighted by atomic mass is 10.1. The first kappa shape index (κ1) is 16.1. The first-order valence-corrected chi connectivity index (χ1v) is 10.0. The minimum absolute atomic E-state index is 0.512. The highest BCUT2D eigenvalue weighted by molar-refractivity contribution is 7.87. The summed E-state index contributed by atoms with van der Waals surface area (Å²) in [6.45, 7) is 2.06. The molecule has 1 unspecified atom stereocenters. The SMILES string of the molecule is Cc1ccc(-c2cn3nc(S(=O)CCc4ccccn4)sc3n2)cc1. The predicted octanol–water partition coefficient (Wildman–Crippen LogP) is 3.51. The summed E-state index contributed by atoms with van der Waals surface area (Å²) >= 11 is 1.38. The molecule has 126 valence electrons. The summed E-state index contributed by atoms with van der Waals surface area (Å²) in [5.74, 6) is 0.512. The number of pyridine rings is 1. The van der Waals surface area contributed by atoms with E-state index < -0.39 is 10.8 Å². The predicted molar refractivity (Wildman–Crippen MR) is 100 cm³/mol. The molecule has 4 rings (SSSR count). The van der Waals surface area contributed by atoms with Crippen molar-refractivity contribution in [1.29, 1.82) is 0 Å². The van der Waals surface area contributed by atoms with E-state index in [1.54, 1.807) is 10.7 Å². The first-order valence-electron chi connectivity index (χ1n) is 7.90. The third-order valence-electron chi connectivity index (χ3n) is 3.84. The van der Waals surface area contributed by atoms with E-state index in [-0.39, 0.29) is 0 Å². The zero-order chi connectivity index (χ0) is 17.2. The third-order valence-corrected chi connectivity index (χ3v) is 6.41. The molecule has 0 aliphatic carbocycles. The minimum atomic E-state index is -1.14. The summed E-state index contributed by atoms with van der Waals surface area (Å²) in [5.41, 5.74) is 4.10. The number of aromatic nitrogens is 4. The quantitative estimate of drug-likeness (QED) is 0.541. The molecule has 1 atom stereocenters. The van der Waals surface area contributed by atoms with Gasteiger partial charge in [0.1, 0.15) is 0 Å². The van der Waals surface area contributed by atoms with Gasteiger partial charge in [-0.25, -0.2) is 9.50 Å². The molecule has 0 spiro atoms. The second kappa shape index (κ2) is 6.85. The van der Waals surface area contributed by atoms with Gasteiger partial charge in [0.05, 0.1) is 22.7 Å². The summed E-state index contributed by atoms with van der Waals surface area (Å²) in [6.07, 6.45) is 4.31. The van der Waals surface area contributed by atoms with Crippen molar-refractivity contribution in [3.8, 4) is 11.3 Å². The van der Waals surface area contributed by atoms with Crippen molar-refractivity contribution in [2.24, 2.45) is 0 Å². The van der Waals surface area contributed by atoms with Crippen molar-refractivity contribution in [2.75, 3.05) is 5.75 Å². The molecule has 0 aliphatic rings. The molecule has 1 aromatic carbocycles. The van der Waals surface area contributed by atoms with Gasteiger partial charge in [0.2, 0.25) is 9.30 Å². The Kier molecular flexibility index (Phi) is 4.42. The van der Waals surface area contributed by atoms with E-state index in [4.69, 9.17) is 0 Å². The lowest BCUT2D eigenvalue weighted by Crippen LogP contribution is -2.03. The van der Waals surface area contributed by atoms with Crippen LogP contribution in [0.15, 0.2) is 59.2 Å². The number of benzene rings is 1. The van der Waals surface area contributed by atoms with Crippen LogP contribution >= 0.6 is 11.3 Å². The zero-order valence-electron chi connectivity index (χ0n) is 13.6. The van der Waals surface area contributed by atoms with Gasteiger partial charge in [-0.3, -0.25) is 9.19 Å². The normalized spacial score (nSPS) is 12.5. The van der Waals surface area contributed by atoms with Crippen molar-refractivity contribution >= 4 is 27.1 Å². The molecular formula is C18H16N4OS2. The summed E-state index contributed by atoms with van der Waals surface area (Å²) in [5, 5.41) is 4.44. The Morgan fingerprint density at radius 1 is 1.16 bits per heavy atom. The van der Waals surface area contributed by atoms with Crippen LogP contribution in [0, 0.1) is 6.92 Å². The van der Waals surface area contributed by atoms with E-state index in [0.717, 1.165) is 21.9 Å². The van der Waals surface area contributed by atoms with Gasteiger partial charge in [0.15, 0.2) is 0 Å². The molecule has 7 heteroatoms. The number of imidazole rings is 1. The molecule has 0 fully saturated rings. The number of nitrogens with zero attached hydrogens (tertiary/aromatic N) is 4. The summed E-state index contributed by atoms with van der Waals surface area (Å²) in [4.78, 5) is 9.63. The van der Waals surface area contributed by atoms with E-state index >= 15 is 0 Å².